The summed E-state index contributed by atoms with van der Waals surface area (Å²) in [7, 11) is 0. The van der Waals surface area contributed by atoms with Crippen molar-refractivity contribution in [1.29, 1.82) is 0 Å². The average Bonchev–Trinajstić information content (AvgIpc) is 2.02. The highest BCUT2D eigenvalue weighted by molar-refractivity contribution is 5.45. The number of nitro groups is 1. The first-order valence-electron chi connectivity index (χ1n) is 3.66. The van der Waals surface area contributed by atoms with Crippen LogP contribution in [0.15, 0.2) is 12.1 Å². The smallest absolute Gasteiger partial charge is 0.258 e. The van der Waals surface area contributed by atoms with Gasteiger partial charge in [-0.25, -0.2) is 13.2 Å². The molecule has 14 heavy (non-hydrogen) atoms. The predicted octanol–water partition coefficient (Wildman–Crippen LogP) is 2.98. The van der Waals surface area contributed by atoms with E-state index in [-0.39, 0.29) is 5.56 Å². The van der Waals surface area contributed by atoms with Crippen LogP contribution in [0.3, 0.4) is 0 Å². The second-order valence-electron chi connectivity index (χ2n) is 2.66. The molecule has 1 aromatic carbocycles. The van der Waals surface area contributed by atoms with Gasteiger partial charge in [0.05, 0.1) is 10.5 Å². The summed E-state index contributed by atoms with van der Waals surface area (Å²) in [5.74, 6) is -1.12. The van der Waals surface area contributed by atoms with Gasteiger partial charge in [-0.15, -0.1) is 0 Å². The van der Waals surface area contributed by atoms with Crippen molar-refractivity contribution < 1.29 is 18.1 Å². The Hall–Kier alpha value is -1.59. The van der Waals surface area contributed by atoms with Gasteiger partial charge in [0.15, 0.2) is 0 Å². The number of rotatable bonds is 2. The zero-order valence-corrected chi connectivity index (χ0v) is 7.13. The maximum atomic E-state index is 12.8. The predicted molar refractivity (Wildman–Crippen MR) is 42.7 cm³/mol. The fourth-order valence-corrected chi connectivity index (χ4v) is 1.15. The molecule has 0 atom stereocenters. The Kier molecular flexibility index (Phi) is 2.73. The van der Waals surface area contributed by atoms with Crippen molar-refractivity contribution in [2.75, 3.05) is 0 Å². The van der Waals surface area contributed by atoms with Gasteiger partial charge in [0.2, 0.25) is 0 Å². The highest BCUT2D eigenvalue weighted by Gasteiger charge is 2.23. The van der Waals surface area contributed by atoms with Crippen LogP contribution in [-0.4, -0.2) is 4.92 Å². The number of halogens is 3. The number of benzene rings is 1. The lowest BCUT2D eigenvalue weighted by molar-refractivity contribution is -0.385. The maximum absolute atomic E-state index is 12.8. The summed E-state index contributed by atoms with van der Waals surface area (Å²) in [6, 6.07) is 1.54. The Bertz CT molecular complexity index is 379. The van der Waals surface area contributed by atoms with Gasteiger partial charge >= 0.3 is 0 Å². The van der Waals surface area contributed by atoms with Crippen LogP contribution in [0.5, 0.6) is 0 Å². The molecule has 0 heterocycles. The van der Waals surface area contributed by atoms with Gasteiger partial charge in [0.1, 0.15) is 5.82 Å². The summed E-state index contributed by atoms with van der Waals surface area (Å²) in [5.41, 5.74) is -1.73. The topological polar surface area (TPSA) is 43.1 Å². The molecule has 1 rings (SSSR count). The molecule has 0 saturated heterocycles. The Morgan fingerprint density at radius 2 is 2.00 bits per heavy atom. The average molecular weight is 205 g/mol. The maximum Gasteiger partial charge on any atom is 0.272 e. The third-order valence-corrected chi connectivity index (χ3v) is 1.85. The van der Waals surface area contributed by atoms with Crippen LogP contribution < -0.4 is 0 Å². The van der Waals surface area contributed by atoms with Crippen molar-refractivity contribution in [2.24, 2.45) is 0 Å². The first-order valence-corrected chi connectivity index (χ1v) is 3.66. The van der Waals surface area contributed by atoms with E-state index in [1.54, 1.807) is 0 Å². The van der Waals surface area contributed by atoms with Crippen molar-refractivity contribution >= 4 is 5.69 Å². The van der Waals surface area contributed by atoms with E-state index in [0.717, 1.165) is 13.0 Å². The number of nitrogens with zero attached hydrogens (tertiary/aromatic N) is 1. The standard InChI is InChI=1S/C8H6F3NO2/c1-4-6(12(13)14)3-2-5(9)7(4)8(10)11/h2-3,8H,1H3. The van der Waals surface area contributed by atoms with Crippen molar-refractivity contribution in [3.8, 4) is 0 Å². The third kappa shape index (κ3) is 1.68. The summed E-state index contributed by atoms with van der Waals surface area (Å²) in [6.45, 7) is 1.10. The van der Waals surface area contributed by atoms with Gasteiger partial charge in [-0.1, -0.05) is 0 Å². The van der Waals surface area contributed by atoms with Crippen LogP contribution in [-0.2, 0) is 0 Å². The molecule has 0 radical (unpaired) electrons. The minimum absolute atomic E-state index is 0.329. The highest BCUT2D eigenvalue weighted by atomic mass is 19.3. The molecule has 0 aromatic heterocycles. The van der Waals surface area contributed by atoms with Gasteiger partial charge in [-0.3, -0.25) is 10.1 Å². The summed E-state index contributed by atoms with van der Waals surface area (Å²) < 4.78 is 37.4. The van der Waals surface area contributed by atoms with E-state index < -0.39 is 28.4 Å². The second-order valence-corrected chi connectivity index (χ2v) is 2.66. The molecule has 0 fully saturated rings. The van der Waals surface area contributed by atoms with E-state index in [1.165, 1.54) is 0 Å². The molecule has 0 aliphatic rings. The molecule has 76 valence electrons. The molecule has 0 bridgehead atoms. The van der Waals surface area contributed by atoms with Crippen LogP contribution in [0.1, 0.15) is 17.6 Å². The van der Waals surface area contributed by atoms with Crippen molar-refractivity contribution in [3.05, 3.63) is 39.2 Å². The van der Waals surface area contributed by atoms with E-state index in [2.05, 4.69) is 0 Å². The van der Waals surface area contributed by atoms with Gasteiger partial charge in [0, 0.05) is 11.6 Å². The lowest BCUT2D eigenvalue weighted by atomic mass is 10.1. The molecular formula is C8H6F3NO2. The van der Waals surface area contributed by atoms with Crippen molar-refractivity contribution in [2.45, 2.75) is 13.3 Å². The first kappa shape index (κ1) is 10.5. The second kappa shape index (κ2) is 3.65. The number of hydrogen-bond donors (Lipinski definition) is 0. The lowest BCUT2D eigenvalue weighted by Gasteiger charge is -2.05. The summed E-state index contributed by atoms with van der Waals surface area (Å²) >= 11 is 0. The first-order chi connectivity index (χ1) is 6.45. The third-order valence-electron chi connectivity index (χ3n) is 1.85. The van der Waals surface area contributed by atoms with Crippen molar-refractivity contribution in [3.63, 3.8) is 0 Å². The zero-order chi connectivity index (χ0) is 10.9. The fourth-order valence-electron chi connectivity index (χ4n) is 1.15. The summed E-state index contributed by atoms with van der Waals surface area (Å²) in [6.07, 6.45) is -3.05. The Balaban J connectivity index is 3.41. The van der Waals surface area contributed by atoms with Crippen LogP contribution in [0.25, 0.3) is 0 Å². The molecule has 6 heteroatoms. The van der Waals surface area contributed by atoms with E-state index in [0.29, 0.717) is 6.07 Å². The number of alkyl halides is 2. The zero-order valence-electron chi connectivity index (χ0n) is 7.13. The van der Waals surface area contributed by atoms with Crippen LogP contribution in [0.4, 0.5) is 18.9 Å². The Labute approximate surface area is 77.3 Å². The molecule has 0 aliphatic heterocycles. The Morgan fingerprint density at radius 1 is 1.43 bits per heavy atom. The molecule has 3 nitrogen and oxygen atoms in total. The molecule has 0 spiro atoms. The number of hydrogen-bond acceptors (Lipinski definition) is 2. The molecule has 0 amide bonds. The lowest BCUT2D eigenvalue weighted by Crippen LogP contribution is -2.00. The fraction of sp³-hybridized carbons (Fsp3) is 0.250. The molecule has 0 aliphatic carbocycles. The van der Waals surface area contributed by atoms with Crippen LogP contribution in [0.2, 0.25) is 0 Å². The van der Waals surface area contributed by atoms with Crippen LogP contribution in [0, 0.1) is 22.9 Å². The normalized spacial score (nSPS) is 10.6. The molecular weight excluding hydrogens is 199 g/mol. The van der Waals surface area contributed by atoms with E-state index in [1.807, 2.05) is 0 Å². The van der Waals surface area contributed by atoms with Gasteiger partial charge < -0.3 is 0 Å². The summed E-state index contributed by atoms with van der Waals surface area (Å²) in [4.78, 5) is 9.53. The highest BCUT2D eigenvalue weighted by Crippen LogP contribution is 2.31. The van der Waals surface area contributed by atoms with Crippen molar-refractivity contribution in [1.82, 2.24) is 0 Å². The Morgan fingerprint density at radius 3 is 2.43 bits per heavy atom. The minimum Gasteiger partial charge on any atom is -0.258 e. The quantitative estimate of drug-likeness (QED) is 0.550. The van der Waals surface area contributed by atoms with Gasteiger partial charge in [-0.2, -0.15) is 0 Å². The number of nitro benzene ring substituents is 1. The molecule has 0 N–H and O–H groups in total. The largest absolute Gasteiger partial charge is 0.272 e. The van der Waals surface area contributed by atoms with E-state index >= 15 is 0 Å². The molecule has 0 saturated carbocycles. The van der Waals surface area contributed by atoms with E-state index in [9.17, 15) is 23.3 Å². The van der Waals surface area contributed by atoms with Gasteiger partial charge in [-0.05, 0) is 13.0 Å². The van der Waals surface area contributed by atoms with Gasteiger partial charge in [0.25, 0.3) is 12.1 Å². The van der Waals surface area contributed by atoms with E-state index in [4.69, 9.17) is 0 Å². The minimum atomic E-state index is -3.05. The monoisotopic (exact) mass is 205 g/mol. The SMILES string of the molecule is Cc1c([N+](=O)[O-])ccc(F)c1C(F)F. The molecule has 1 aromatic rings. The summed E-state index contributed by atoms with van der Waals surface area (Å²) in [5, 5.41) is 10.3. The molecule has 0 unspecified atom stereocenters. The van der Waals surface area contributed by atoms with Crippen LogP contribution >= 0.6 is 0 Å².